The Balaban J connectivity index is 1.94. The van der Waals surface area contributed by atoms with Crippen molar-refractivity contribution < 1.29 is 9.90 Å². The lowest BCUT2D eigenvalue weighted by Gasteiger charge is -2.09. The van der Waals surface area contributed by atoms with E-state index in [-0.39, 0.29) is 11.7 Å². The van der Waals surface area contributed by atoms with Gasteiger partial charge >= 0.3 is 0 Å². The normalized spacial score (nSPS) is 10.5. The summed E-state index contributed by atoms with van der Waals surface area (Å²) in [5.41, 5.74) is 2.59. The van der Waals surface area contributed by atoms with Crippen molar-refractivity contribution >= 4 is 22.5 Å². The average Bonchev–Trinajstić information content (AvgIpc) is 2.50. The molecule has 3 aromatic rings. The molecule has 0 spiro atoms. The third-order valence-corrected chi connectivity index (χ3v) is 3.34. The van der Waals surface area contributed by atoms with Crippen molar-refractivity contribution in [1.82, 2.24) is 4.98 Å². The van der Waals surface area contributed by atoms with E-state index in [1.807, 2.05) is 30.3 Å². The Morgan fingerprint density at radius 1 is 1.14 bits per heavy atom. The summed E-state index contributed by atoms with van der Waals surface area (Å²) in [5, 5.41) is 13.3. The van der Waals surface area contributed by atoms with Crippen molar-refractivity contribution in [2.75, 3.05) is 5.32 Å². The van der Waals surface area contributed by atoms with E-state index in [2.05, 4.69) is 10.3 Å². The van der Waals surface area contributed by atoms with Crippen LogP contribution >= 0.6 is 0 Å². The van der Waals surface area contributed by atoms with Gasteiger partial charge in [-0.05, 0) is 42.8 Å². The van der Waals surface area contributed by atoms with Crippen molar-refractivity contribution in [3.05, 3.63) is 65.9 Å². The molecule has 4 nitrogen and oxygen atoms in total. The molecular formula is C17H14N2O2. The third-order valence-electron chi connectivity index (χ3n) is 3.34. The smallest absolute Gasteiger partial charge is 0.255 e. The molecule has 1 aromatic heterocycles. The molecule has 0 radical (unpaired) electrons. The second-order valence-corrected chi connectivity index (χ2v) is 4.84. The number of rotatable bonds is 2. The van der Waals surface area contributed by atoms with E-state index in [9.17, 15) is 9.90 Å². The molecule has 0 aliphatic rings. The van der Waals surface area contributed by atoms with Crippen LogP contribution in [0, 0.1) is 6.92 Å². The van der Waals surface area contributed by atoms with E-state index >= 15 is 0 Å². The number of phenols is 1. The molecule has 21 heavy (non-hydrogen) atoms. The van der Waals surface area contributed by atoms with Gasteiger partial charge < -0.3 is 10.4 Å². The quantitative estimate of drug-likeness (QED) is 0.754. The zero-order valence-electron chi connectivity index (χ0n) is 11.5. The molecule has 0 unspecified atom stereocenters. The number of aromatic nitrogens is 1. The lowest BCUT2D eigenvalue weighted by Crippen LogP contribution is -2.12. The number of phenolic OH excluding ortho intramolecular Hbond substituents is 1. The summed E-state index contributed by atoms with van der Waals surface area (Å²) in [7, 11) is 0. The molecule has 0 saturated heterocycles. The van der Waals surface area contributed by atoms with Gasteiger partial charge in [0.2, 0.25) is 0 Å². The standard InChI is InChI=1S/C17H14N2O2/c1-11-10-13(7-8-15(11)20)17(21)19-14-6-2-4-12-5-3-9-18-16(12)14/h2-10,20H,1H3,(H,19,21). The van der Waals surface area contributed by atoms with Crippen LogP contribution in [0.2, 0.25) is 0 Å². The van der Waals surface area contributed by atoms with E-state index in [1.54, 1.807) is 25.3 Å². The minimum Gasteiger partial charge on any atom is -0.508 e. The fraction of sp³-hybridized carbons (Fsp3) is 0.0588. The fourth-order valence-corrected chi connectivity index (χ4v) is 2.20. The molecule has 2 N–H and O–H groups in total. The third kappa shape index (κ3) is 2.56. The fourth-order valence-electron chi connectivity index (χ4n) is 2.20. The molecule has 2 aromatic carbocycles. The van der Waals surface area contributed by atoms with Gasteiger partial charge in [0, 0.05) is 17.1 Å². The molecule has 1 amide bonds. The van der Waals surface area contributed by atoms with E-state index in [0.29, 0.717) is 16.8 Å². The number of carbonyl (C=O) groups is 1. The van der Waals surface area contributed by atoms with E-state index < -0.39 is 0 Å². The van der Waals surface area contributed by atoms with Gasteiger partial charge in [0.1, 0.15) is 5.75 Å². The van der Waals surface area contributed by atoms with Crippen LogP contribution in [-0.4, -0.2) is 16.0 Å². The van der Waals surface area contributed by atoms with Crippen LogP contribution in [0.3, 0.4) is 0 Å². The molecule has 0 aliphatic carbocycles. The largest absolute Gasteiger partial charge is 0.508 e. The number of anilines is 1. The van der Waals surface area contributed by atoms with Gasteiger partial charge in [-0.2, -0.15) is 0 Å². The zero-order valence-corrected chi connectivity index (χ0v) is 11.5. The van der Waals surface area contributed by atoms with Crippen LogP contribution in [0.15, 0.2) is 54.7 Å². The monoisotopic (exact) mass is 278 g/mol. The van der Waals surface area contributed by atoms with Gasteiger partial charge in [0.05, 0.1) is 11.2 Å². The Kier molecular flexibility index (Phi) is 3.28. The summed E-state index contributed by atoms with van der Waals surface area (Å²) >= 11 is 0. The number of hydrogen-bond acceptors (Lipinski definition) is 3. The van der Waals surface area contributed by atoms with Crippen LogP contribution in [0.5, 0.6) is 5.75 Å². The molecule has 1 heterocycles. The number of carbonyl (C=O) groups excluding carboxylic acids is 1. The number of pyridine rings is 1. The molecule has 3 rings (SSSR count). The zero-order chi connectivity index (χ0) is 14.8. The number of aromatic hydroxyl groups is 1. The van der Waals surface area contributed by atoms with Crippen LogP contribution < -0.4 is 5.32 Å². The highest BCUT2D eigenvalue weighted by atomic mass is 16.3. The summed E-state index contributed by atoms with van der Waals surface area (Å²) in [6.07, 6.45) is 1.70. The molecule has 4 heteroatoms. The van der Waals surface area contributed by atoms with Crippen LogP contribution in [0.1, 0.15) is 15.9 Å². The maximum Gasteiger partial charge on any atom is 0.255 e. The second kappa shape index (κ2) is 5.25. The van der Waals surface area contributed by atoms with Gasteiger partial charge in [-0.1, -0.05) is 18.2 Å². The Bertz CT molecular complexity index is 823. The Morgan fingerprint density at radius 3 is 2.76 bits per heavy atom. The lowest BCUT2D eigenvalue weighted by molar-refractivity contribution is 0.102. The van der Waals surface area contributed by atoms with Crippen molar-refractivity contribution in [2.24, 2.45) is 0 Å². The van der Waals surface area contributed by atoms with Gasteiger partial charge in [-0.3, -0.25) is 9.78 Å². The molecule has 0 fully saturated rings. The van der Waals surface area contributed by atoms with Crippen molar-refractivity contribution in [3.63, 3.8) is 0 Å². The SMILES string of the molecule is Cc1cc(C(=O)Nc2cccc3cccnc23)ccc1O. The highest BCUT2D eigenvalue weighted by Gasteiger charge is 2.10. The maximum atomic E-state index is 12.3. The van der Waals surface area contributed by atoms with E-state index in [4.69, 9.17) is 0 Å². The lowest BCUT2D eigenvalue weighted by atomic mass is 10.1. The summed E-state index contributed by atoms with van der Waals surface area (Å²) < 4.78 is 0. The number of fused-ring (bicyclic) bond motifs is 1. The predicted octanol–water partition coefficient (Wildman–Crippen LogP) is 3.50. The maximum absolute atomic E-state index is 12.3. The van der Waals surface area contributed by atoms with Gasteiger partial charge in [-0.15, -0.1) is 0 Å². The van der Waals surface area contributed by atoms with Gasteiger partial charge in [-0.25, -0.2) is 0 Å². The number of nitrogens with one attached hydrogen (secondary N) is 1. The molecule has 104 valence electrons. The Hall–Kier alpha value is -2.88. The minimum absolute atomic E-state index is 0.179. The van der Waals surface area contributed by atoms with Crippen LogP contribution in [0.25, 0.3) is 10.9 Å². The first kappa shape index (κ1) is 13.1. The topological polar surface area (TPSA) is 62.2 Å². The number of para-hydroxylation sites is 1. The highest BCUT2D eigenvalue weighted by molar-refractivity contribution is 6.08. The molecule has 0 atom stereocenters. The Labute approximate surface area is 122 Å². The molecule has 0 bridgehead atoms. The Morgan fingerprint density at radius 2 is 1.95 bits per heavy atom. The number of aryl methyl sites for hydroxylation is 1. The van der Waals surface area contributed by atoms with Crippen LogP contribution in [-0.2, 0) is 0 Å². The first-order valence-electron chi connectivity index (χ1n) is 6.60. The number of benzene rings is 2. The van der Waals surface area contributed by atoms with Crippen molar-refractivity contribution in [1.29, 1.82) is 0 Å². The first-order chi connectivity index (χ1) is 10.1. The number of amides is 1. The highest BCUT2D eigenvalue weighted by Crippen LogP contribution is 2.22. The average molecular weight is 278 g/mol. The van der Waals surface area contributed by atoms with Gasteiger partial charge in [0.25, 0.3) is 5.91 Å². The summed E-state index contributed by atoms with van der Waals surface area (Å²) in [6.45, 7) is 1.76. The van der Waals surface area contributed by atoms with Crippen molar-refractivity contribution in [2.45, 2.75) is 6.92 Å². The molecule has 0 aliphatic heterocycles. The second-order valence-electron chi connectivity index (χ2n) is 4.84. The van der Waals surface area contributed by atoms with Crippen molar-refractivity contribution in [3.8, 4) is 5.75 Å². The van der Waals surface area contributed by atoms with Crippen LogP contribution in [0.4, 0.5) is 5.69 Å². The molecule has 0 saturated carbocycles. The van der Waals surface area contributed by atoms with E-state index in [1.165, 1.54) is 6.07 Å². The summed E-state index contributed by atoms with van der Waals surface area (Å²) in [6, 6.07) is 14.2. The predicted molar refractivity (Wildman–Crippen MR) is 82.5 cm³/mol. The number of nitrogens with zero attached hydrogens (tertiary/aromatic N) is 1. The summed E-state index contributed by atoms with van der Waals surface area (Å²) in [5.74, 6) is -0.0466. The summed E-state index contributed by atoms with van der Waals surface area (Å²) in [4.78, 5) is 16.6. The van der Waals surface area contributed by atoms with Gasteiger partial charge in [0.15, 0.2) is 0 Å². The number of hydrogen-bond donors (Lipinski definition) is 2. The molecular weight excluding hydrogens is 264 g/mol. The minimum atomic E-state index is -0.226. The van der Waals surface area contributed by atoms with E-state index in [0.717, 1.165) is 10.9 Å². The first-order valence-corrected chi connectivity index (χ1v) is 6.60.